The van der Waals surface area contributed by atoms with Crippen LogP contribution in [-0.2, 0) is 11.8 Å². The fourth-order valence-corrected chi connectivity index (χ4v) is 0.868. The van der Waals surface area contributed by atoms with E-state index in [2.05, 4.69) is 5.10 Å². The molecule has 0 saturated heterocycles. The molecule has 0 radical (unpaired) electrons. The summed E-state index contributed by atoms with van der Waals surface area (Å²) >= 11 is 5.56. The molecular weight excluding hydrogens is 184 g/mol. The minimum Gasteiger partial charge on any atom is -0.475 e. The maximum atomic E-state index is 10.8. The van der Waals surface area contributed by atoms with Gasteiger partial charge < -0.3 is 5.11 Å². The van der Waals surface area contributed by atoms with Gasteiger partial charge in [0, 0.05) is 7.05 Å². The first-order valence-electron chi connectivity index (χ1n) is 2.99. The summed E-state index contributed by atoms with van der Waals surface area (Å²) in [6.07, 6.45) is 1.12. The Labute approximate surface area is 72.6 Å². The van der Waals surface area contributed by atoms with Crippen LogP contribution in [-0.4, -0.2) is 26.6 Å². The van der Waals surface area contributed by atoms with Crippen molar-refractivity contribution in [1.82, 2.24) is 9.78 Å². The number of aliphatic carboxylic acids is 1. The molecule has 1 heterocycles. The van der Waals surface area contributed by atoms with Crippen molar-refractivity contribution in [3.8, 4) is 0 Å². The molecule has 0 unspecified atom stereocenters. The van der Waals surface area contributed by atoms with Gasteiger partial charge in [0.2, 0.25) is 0 Å². The summed E-state index contributed by atoms with van der Waals surface area (Å²) in [6.45, 7) is 0. The summed E-state index contributed by atoms with van der Waals surface area (Å²) in [7, 11) is 1.51. The first-order chi connectivity index (χ1) is 5.54. The fraction of sp³-hybridized carbons (Fsp3) is 0.167. The van der Waals surface area contributed by atoms with Crippen LogP contribution in [0.3, 0.4) is 0 Å². The number of halogens is 1. The molecule has 0 aliphatic heterocycles. The van der Waals surface area contributed by atoms with Gasteiger partial charge in [0.25, 0.3) is 5.78 Å². The van der Waals surface area contributed by atoms with Crippen LogP contribution in [0, 0.1) is 0 Å². The average molecular weight is 189 g/mol. The summed E-state index contributed by atoms with van der Waals surface area (Å²) in [6, 6.07) is 0. The Morgan fingerprint density at radius 1 is 1.67 bits per heavy atom. The van der Waals surface area contributed by atoms with Gasteiger partial charge in [-0.25, -0.2) is 4.79 Å². The second-order valence-corrected chi connectivity index (χ2v) is 2.46. The molecule has 0 amide bonds. The molecule has 0 bridgehead atoms. The third-order valence-electron chi connectivity index (χ3n) is 1.31. The third-order valence-corrected chi connectivity index (χ3v) is 1.75. The monoisotopic (exact) mass is 188 g/mol. The van der Waals surface area contributed by atoms with Crippen molar-refractivity contribution in [2.45, 2.75) is 0 Å². The lowest BCUT2D eigenvalue weighted by molar-refractivity contribution is -0.131. The normalized spacial score (nSPS) is 9.83. The van der Waals surface area contributed by atoms with E-state index in [4.69, 9.17) is 16.7 Å². The summed E-state index contributed by atoms with van der Waals surface area (Å²) in [4.78, 5) is 21.1. The van der Waals surface area contributed by atoms with Crippen molar-refractivity contribution in [3.05, 3.63) is 16.9 Å². The van der Waals surface area contributed by atoms with E-state index in [0.717, 1.165) is 6.20 Å². The Hall–Kier alpha value is -1.36. The Kier molecular flexibility index (Phi) is 2.14. The molecule has 0 saturated carbocycles. The number of aryl methyl sites for hydroxylation is 1. The summed E-state index contributed by atoms with van der Waals surface area (Å²) in [5.41, 5.74) is -0.0910. The van der Waals surface area contributed by atoms with E-state index in [-0.39, 0.29) is 10.7 Å². The van der Waals surface area contributed by atoms with Gasteiger partial charge in [-0.2, -0.15) is 5.10 Å². The number of Topliss-reactive ketones (excluding diaryl/α,β-unsaturated/α-hetero) is 1. The van der Waals surface area contributed by atoms with Crippen molar-refractivity contribution in [1.29, 1.82) is 0 Å². The molecule has 1 N–H and O–H groups in total. The molecule has 0 aliphatic rings. The maximum Gasteiger partial charge on any atom is 0.377 e. The summed E-state index contributed by atoms with van der Waals surface area (Å²) in [5.74, 6) is -2.59. The first-order valence-corrected chi connectivity index (χ1v) is 3.37. The van der Waals surface area contributed by atoms with Gasteiger partial charge in [0.1, 0.15) is 5.15 Å². The molecule has 0 aliphatic carbocycles. The second-order valence-electron chi connectivity index (χ2n) is 2.11. The zero-order chi connectivity index (χ0) is 9.30. The molecule has 5 nitrogen and oxygen atoms in total. The van der Waals surface area contributed by atoms with Crippen LogP contribution >= 0.6 is 11.6 Å². The van der Waals surface area contributed by atoms with Crippen LogP contribution in [0.5, 0.6) is 0 Å². The van der Waals surface area contributed by atoms with E-state index >= 15 is 0 Å². The summed E-state index contributed by atoms with van der Waals surface area (Å²) in [5, 5.41) is 12.0. The number of nitrogens with zero attached hydrogens (tertiary/aromatic N) is 2. The lowest BCUT2D eigenvalue weighted by Crippen LogP contribution is -2.12. The Bertz CT molecular complexity index is 345. The first kappa shape index (κ1) is 8.73. The van der Waals surface area contributed by atoms with E-state index in [1.54, 1.807) is 0 Å². The quantitative estimate of drug-likeness (QED) is 0.537. The highest BCUT2D eigenvalue weighted by molar-refractivity contribution is 6.44. The highest BCUT2D eigenvalue weighted by Gasteiger charge is 2.20. The Morgan fingerprint density at radius 3 is 2.58 bits per heavy atom. The molecule has 0 spiro atoms. The molecule has 1 rings (SSSR count). The predicted molar refractivity (Wildman–Crippen MR) is 40.2 cm³/mol. The highest BCUT2D eigenvalue weighted by atomic mass is 35.5. The number of rotatable bonds is 2. The number of carbonyl (C=O) groups excluding carboxylic acids is 1. The van der Waals surface area contributed by atoms with Crippen molar-refractivity contribution < 1.29 is 14.7 Å². The lowest BCUT2D eigenvalue weighted by atomic mass is 10.2. The van der Waals surface area contributed by atoms with E-state index in [9.17, 15) is 9.59 Å². The van der Waals surface area contributed by atoms with Crippen LogP contribution in [0.1, 0.15) is 10.4 Å². The number of hydrogen-bond acceptors (Lipinski definition) is 3. The van der Waals surface area contributed by atoms with Crippen molar-refractivity contribution in [2.75, 3.05) is 0 Å². The number of aromatic nitrogens is 2. The average Bonchev–Trinajstić information content (AvgIpc) is 2.32. The minimum absolute atomic E-state index is 0.0300. The van der Waals surface area contributed by atoms with E-state index in [1.807, 2.05) is 0 Å². The third kappa shape index (κ3) is 1.31. The highest BCUT2D eigenvalue weighted by Crippen LogP contribution is 2.14. The smallest absolute Gasteiger partial charge is 0.377 e. The number of hydrogen-bond donors (Lipinski definition) is 1. The van der Waals surface area contributed by atoms with Gasteiger partial charge in [-0.3, -0.25) is 9.48 Å². The predicted octanol–water partition coefficient (Wildman–Crippen LogP) is 0.341. The van der Waals surface area contributed by atoms with E-state index < -0.39 is 11.8 Å². The maximum absolute atomic E-state index is 10.8. The minimum atomic E-state index is -1.54. The van der Waals surface area contributed by atoms with Gasteiger partial charge in [0.15, 0.2) is 0 Å². The Balaban J connectivity index is 3.12. The number of carboxylic acid groups (broad SMARTS) is 1. The molecule has 0 aromatic carbocycles. The van der Waals surface area contributed by atoms with Gasteiger partial charge in [-0.05, 0) is 0 Å². The van der Waals surface area contributed by atoms with E-state index in [0.29, 0.717) is 0 Å². The van der Waals surface area contributed by atoms with Gasteiger partial charge in [-0.1, -0.05) is 11.6 Å². The van der Waals surface area contributed by atoms with Crippen molar-refractivity contribution in [2.24, 2.45) is 7.05 Å². The summed E-state index contributed by atoms with van der Waals surface area (Å²) < 4.78 is 1.22. The molecular formula is C6H5ClN2O3. The van der Waals surface area contributed by atoms with Gasteiger partial charge in [-0.15, -0.1) is 0 Å². The molecule has 0 fully saturated rings. The van der Waals surface area contributed by atoms with Crippen LogP contribution in [0.15, 0.2) is 6.20 Å². The standard InChI is InChI=1S/C6H5ClN2O3/c1-9-5(7)3(2-8-9)4(10)6(11)12/h2H,1H3,(H,11,12). The molecule has 12 heavy (non-hydrogen) atoms. The van der Waals surface area contributed by atoms with Crippen LogP contribution in [0.4, 0.5) is 0 Å². The van der Waals surface area contributed by atoms with Crippen molar-refractivity contribution in [3.63, 3.8) is 0 Å². The van der Waals surface area contributed by atoms with Gasteiger partial charge >= 0.3 is 5.97 Å². The topological polar surface area (TPSA) is 72.2 Å². The molecule has 64 valence electrons. The van der Waals surface area contributed by atoms with Crippen LogP contribution in [0.25, 0.3) is 0 Å². The number of ketones is 1. The zero-order valence-corrected chi connectivity index (χ0v) is 6.87. The van der Waals surface area contributed by atoms with Crippen molar-refractivity contribution >= 4 is 23.4 Å². The number of carbonyl (C=O) groups is 2. The lowest BCUT2D eigenvalue weighted by Gasteiger charge is -1.92. The molecule has 1 aromatic rings. The zero-order valence-electron chi connectivity index (χ0n) is 6.11. The largest absolute Gasteiger partial charge is 0.475 e. The van der Waals surface area contributed by atoms with Crippen LogP contribution < -0.4 is 0 Å². The fourth-order valence-electron chi connectivity index (χ4n) is 0.690. The van der Waals surface area contributed by atoms with E-state index in [1.165, 1.54) is 11.7 Å². The molecule has 0 atom stereocenters. The second kappa shape index (κ2) is 2.94. The molecule has 6 heteroatoms. The number of carboxylic acids is 1. The van der Waals surface area contributed by atoms with Gasteiger partial charge in [0.05, 0.1) is 11.8 Å². The Morgan fingerprint density at radius 2 is 2.25 bits per heavy atom. The van der Waals surface area contributed by atoms with Crippen LogP contribution in [0.2, 0.25) is 5.15 Å². The molecule has 1 aromatic heterocycles. The SMILES string of the molecule is Cn1ncc(C(=O)C(=O)O)c1Cl.